The first-order valence-electron chi connectivity index (χ1n) is 6.28. The Kier molecular flexibility index (Phi) is 4.49. The minimum atomic E-state index is -0.449. The van der Waals surface area contributed by atoms with Gasteiger partial charge in [-0.1, -0.05) is 19.1 Å². The minimum absolute atomic E-state index is 0.331. The highest BCUT2D eigenvalue weighted by atomic mass is 16.5. The highest BCUT2D eigenvalue weighted by Gasteiger charge is 2.15. The molecule has 1 aromatic carbocycles. The van der Waals surface area contributed by atoms with E-state index in [9.17, 15) is 9.59 Å². The van der Waals surface area contributed by atoms with Gasteiger partial charge in [0.1, 0.15) is 0 Å². The molecule has 2 N–H and O–H groups in total. The summed E-state index contributed by atoms with van der Waals surface area (Å²) < 4.78 is 5.08. The Hall–Kier alpha value is -2.63. The van der Waals surface area contributed by atoms with Crippen molar-refractivity contribution in [2.75, 3.05) is 11.9 Å². The van der Waals surface area contributed by atoms with Crippen molar-refractivity contribution in [1.29, 1.82) is 0 Å². The van der Waals surface area contributed by atoms with Gasteiger partial charge in [-0.05, 0) is 18.6 Å². The number of aromatic nitrogens is 2. The molecule has 0 fully saturated rings. The third kappa shape index (κ3) is 3.23. The molecule has 0 aliphatic heterocycles. The molecular weight excluding hydrogens is 258 g/mol. The molecule has 0 aliphatic rings. The summed E-state index contributed by atoms with van der Waals surface area (Å²) in [5.74, 6) is -0.788. The summed E-state index contributed by atoms with van der Waals surface area (Å²) in [5.41, 5.74) is 1.14. The number of aromatic amines is 1. The van der Waals surface area contributed by atoms with Crippen molar-refractivity contribution in [2.24, 2.45) is 0 Å². The quantitative estimate of drug-likeness (QED) is 0.818. The number of hydrogen-bond acceptors (Lipinski definition) is 4. The molecule has 1 heterocycles. The van der Waals surface area contributed by atoms with E-state index in [0.717, 1.165) is 6.42 Å². The molecule has 1 aromatic heterocycles. The van der Waals surface area contributed by atoms with Crippen LogP contribution in [0.25, 0.3) is 0 Å². The van der Waals surface area contributed by atoms with Crippen LogP contribution in [0.5, 0.6) is 0 Å². The number of rotatable bonds is 5. The fourth-order valence-electron chi connectivity index (χ4n) is 1.61. The summed E-state index contributed by atoms with van der Waals surface area (Å²) in [4.78, 5) is 23.8. The number of benzene rings is 1. The van der Waals surface area contributed by atoms with Crippen molar-refractivity contribution in [3.05, 3.63) is 47.8 Å². The van der Waals surface area contributed by atoms with Crippen LogP contribution in [-0.2, 0) is 4.74 Å². The fraction of sp³-hybridized carbons (Fsp3) is 0.214. The molecule has 6 heteroatoms. The van der Waals surface area contributed by atoms with Crippen molar-refractivity contribution in [2.45, 2.75) is 13.3 Å². The van der Waals surface area contributed by atoms with Gasteiger partial charge in [0.05, 0.1) is 29.6 Å². The largest absolute Gasteiger partial charge is 0.462 e. The topological polar surface area (TPSA) is 84.1 Å². The van der Waals surface area contributed by atoms with Crippen LogP contribution in [0.1, 0.15) is 34.1 Å². The number of amides is 1. The summed E-state index contributed by atoms with van der Waals surface area (Å²) in [6.07, 6.45) is 3.63. The molecule has 20 heavy (non-hydrogen) atoms. The number of carbonyl (C=O) groups excluding carboxylic acids is 2. The van der Waals surface area contributed by atoms with Gasteiger partial charge in [-0.2, -0.15) is 5.10 Å². The predicted molar refractivity (Wildman–Crippen MR) is 73.6 cm³/mol. The number of H-pyrrole nitrogens is 1. The molecule has 6 nitrogen and oxygen atoms in total. The summed E-state index contributed by atoms with van der Waals surface area (Å²) in [6, 6.07) is 6.72. The van der Waals surface area contributed by atoms with E-state index in [4.69, 9.17) is 4.74 Å². The highest BCUT2D eigenvalue weighted by molar-refractivity contribution is 6.07. The van der Waals surface area contributed by atoms with Gasteiger partial charge >= 0.3 is 5.97 Å². The van der Waals surface area contributed by atoms with Gasteiger partial charge in [0, 0.05) is 6.20 Å². The van der Waals surface area contributed by atoms with Crippen LogP contribution < -0.4 is 5.32 Å². The number of ether oxygens (including phenoxy) is 1. The molecule has 0 saturated carbocycles. The van der Waals surface area contributed by atoms with Crippen LogP contribution in [0.2, 0.25) is 0 Å². The van der Waals surface area contributed by atoms with E-state index in [-0.39, 0.29) is 5.91 Å². The number of para-hydroxylation sites is 1. The number of anilines is 1. The second-order valence-corrected chi connectivity index (χ2v) is 4.12. The smallest absolute Gasteiger partial charge is 0.340 e. The fourth-order valence-corrected chi connectivity index (χ4v) is 1.61. The van der Waals surface area contributed by atoms with Crippen LogP contribution >= 0.6 is 0 Å². The summed E-state index contributed by atoms with van der Waals surface area (Å²) in [6.45, 7) is 2.27. The average molecular weight is 273 g/mol. The zero-order valence-corrected chi connectivity index (χ0v) is 11.1. The Morgan fingerprint density at radius 3 is 2.85 bits per heavy atom. The molecule has 0 unspecified atom stereocenters. The lowest BCUT2D eigenvalue weighted by atomic mass is 10.1. The van der Waals surface area contributed by atoms with E-state index in [0.29, 0.717) is 23.4 Å². The van der Waals surface area contributed by atoms with Crippen molar-refractivity contribution in [3.8, 4) is 0 Å². The molecule has 0 spiro atoms. The molecule has 0 saturated heterocycles. The molecule has 2 aromatic rings. The number of esters is 1. The Morgan fingerprint density at radius 1 is 1.35 bits per heavy atom. The second-order valence-electron chi connectivity index (χ2n) is 4.12. The van der Waals surface area contributed by atoms with Crippen molar-refractivity contribution in [1.82, 2.24) is 10.2 Å². The van der Waals surface area contributed by atoms with Crippen molar-refractivity contribution >= 4 is 17.6 Å². The van der Waals surface area contributed by atoms with Crippen molar-refractivity contribution in [3.63, 3.8) is 0 Å². The van der Waals surface area contributed by atoms with E-state index in [1.165, 1.54) is 12.4 Å². The molecule has 2 rings (SSSR count). The van der Waals surface area contributed by atoms with Crippen LogP contribution in [0.15, 0.2) is 36.7 Å². The monoisotopic (exact) mass is 273 g/mol. The maximum absolute atomic E-state index is 11.9. The molecular formula is C14H15N3O3. The van der Waals surface area contributed by atoms with E-state index in [1.54, 1.807) is 24.3 Å². The zero-order valence-electron chi connectivity index (χ0n) is 11.1. The first-order chi connectivity index (χ1) is 9.72. The number of hydrogen-bond donors (Lipinski definition) is 2. The minimum Gasteiger partial charge on any atom is -0.462 e. The lowest BCUT2D eigenvalue weighted by Crippen LogP contribution is -2.15. The molecule has 1 amide bonds. The first-order valence-corrected chi connectivity index (χ1v) is 6.28. The Labute approximate surface area is 116 Å². The Balaban J connectivity index is 2.15. The SMILES string of the molecule is CCCOC(=O)c1ccccc1NC(=O)c1cn[nH]c1. The van der Waals surface area contributed by atoms with Crippen LogP contribution in [0.4, 0.5) is 5.69 Å². The average Bonchev–Trinajstić information content (AvgIpc) is 2.99. The number of nitrogens with one attached hydrogen (secondary N) is 2. The van der Waals surface area contributed by atoms with Gasteiger partial charge in [-0.3, -0.25) is 9.89 Å². The predicted octanol–water partition coefficient (Wildman–Crippen LogP) is 2.23. The van der Waals surface area contributed by atoms with E-state index < -0.39 is 5.97 Å². The van der Waals surface area contributed by atoms with E-state index in [1.807, 2.05) is 6.92 Å². The van der Waals surface area contributed by atoms with Gasteiger partial charge < -0.3 is 10.1 Å². The lowest BCUT2D eigenvalue weighted by Gasteiger charge is -2.09. The highest BCUT2D eigenvalue weighted by Crippen LogP contribution is 2.17. The van der Waals surface area contributed by atoms with Gasteiger partial charge in [-0.25, -0.2) is 4.79 Å². The van der Waals surface area contributed by atoms with Crippen LogP contribution in [0.3, 0.4) is 0 Å². The van der Waals surface area contributed by atoms with Gasteiger partial charge in [-0.15, -0.1) is 0 Å². The van der Waals surface area contributed by atoms with Gasteiger partial charge in [0.2, 0.25) is 0 Å². The number of carbonyl (C=O) groups is 2. The van der Waals surface area contributed by atoms with Gasteiger partial charge in [0.15, 0.2) is 0 Å². The van der Waals surface area contributed by atoms with E-state index in [2.05, 4.69) is 15.5 Å². The Morgan fingerprint density at radius 2 is 2.15 bits per heavy atom. The third-order valence-corrected chi connectivity index (χ3v) is 2.59. The lowest BCUT2D eigenvalue weighted by molar-refractivity contribution is 0.0506. The molecule has 0 atom stereocenters. The third-order valence-electron chi connectivity index (χ3n) is 2.59. The summed E-state index contributed by atoms with van der Waals surface area (Å²) in [7, 11) is 0. The molecule has 104 valence electrons. The summed E-state index contributed by atoms with van der Waals surface area (Å²) >= 11 is 0. The maximum atomic E-state index is 11.9. The van der Waals surface area contributed by atoms with Crippen LogP contribution in [0, 0.1) is 0 Å². The van der Waals surface area contributed by atoms with Crippen LogP contribution in [-0.4, -0.2) is 28.7 Å². The zero-order chi connectivity index (χ0) is 14.4. The number of nitrogens with zero attached hydrogens (tertiary/aromatic N) is 1. The normalized spacial score (nSPS) is 10.1. The molecule has 0 aliphatic carbocycles. The molecule has 0 radical (unpaired) electrons. The molecule has 0 bridgehead atoms. The Bertz CT molecular complexity index is 593. The summed E-state index contributed by atoms with van der Waals surface area (Å²) in [5, 5.41) is 8.94. The van der Waals surface area contributed by atoms with E-state index >= 15 is 0 Å². The van der Waals surface area contributed by atoms with Gasteiger partial charge in [0.25, 0.3) is 5.91 Å². The first kappa shape index (κ1) is 13.8. The maximum Gasteiger partial charge on any atom is 0.340 e. The van der Waals surface area contributed by atoms with Crippen molar-refractivity contribution < 1.29 is 14.3 Å². The second kappa shape index (κ2) is 6.51. The standard InChI is InChI=1S/C14H15N3O3/c1-2-7-20-14(19)11-5-3-4-6-12(11)17-13(18)10-8-15-16-9-10/h3-6,8-9H,2,7H2,1H3,(H,15,16)(H,17,18).